The molecule has 2 fully saturated rings. The summed E-state index contributed by atoms with van der Waals surface area (Å²) < 4.78 is 98.2. The van der Waals surface area contributed by atoms with Crippen molar-refractivity contribution in [3.05, 3.63) is 52.7 Å². The third-order valence-electron chi connectivity index (χ3n) is 6.29. The van der Waals surface area contributed by atoms with Crippen molar-refractivity contribution in [2.24, 2.45) is 0 Å². The van der Waals surface area contributed by atoms with E-state index < -0.39 is 44.7 Å². The zero-order chi connectivity index (χ0) is 24.4. The normalized spacial score (nSPS) is 21.1. The summed E-state index contributed by atoms with van der Waals surface area (Å²) in [5, 5.41) is -0.197. The Morgan fingerprint density at radius 2 is 1.85 bits per heavy atom. The Labute approximate surface area is 197 Å². The largest absolute Gasteiger partial charge is 0.433 e. The van der Waals surface area contributed by atoms with E-state index in [1.807, 2.05) is 0 Å². The van der Waals surface area contributed by atoms with Gasteiger partial charge in [-0.25, -0.2) is 26.9 Å². The van der Waals surface area contributed by atoms with Gasteiger partial charge < -0.3 is 4.57 Å². The molecule has 0 spiro atoms. The number of hydrogen-bond acceptors (Lipinski definition) is 3. The molecule has 0 atom stereocenters. The summed E-state index contributed by atoms with van der Waals surface area (Å²) in [5.41, 5.74) is -1.32. The predicted octanol–water partition coefficient (Wildman–Crippen LogP) is 5.77. The second-order valence-electron chi connectivity index (χ2n) is 8.75. The highest BCUT2D eigenvalue weighted by Gasteiger charge is 2.38. The molecule has 5 nitrogen and oxygen atoms in total. The van der Waals surface area contributed by atoms with Crippen molar-refractivity contribution in [3.63, 3.8) is 0 Å². The fourth-order valence-corrected chi connectivity index (χ4v) is 5.79. The minimum absolute atomic E-state index is 0.0904. The lowest BCUT2D eigenvalue weighted by Gasteiger charge is -2.31. The molecule has 2 aliphatic rings. The monoisotopic (exact) mass is 519 g/mol. The minimum Gasteiger partial charge on any atom is -0.344 e. The predicted molar refractivity (Wildman–Crippen MR) is 117 cm³/mol. The molecule has 2 aromatic heterocycles. The van der Waals surface area contributed by atoms with E-state index in [9.17, 15) is 26.0 Å². The Kier molecular flexibility index (Phi) is 5.64. The molecule has 182 valence electrons. The van der Waals surface area contributed by atoms with Gasteiger partial charge in [-0.15, -0.1) is 0 Å². The number of hydrogen-bond donors (Lipinski definition) is 1. The lowest BCUT2D eigenvalue weighted by atomic mass is 9.90. The molecule has 2 saturated carbocycles. The first-order valence-electron chi connectivity index (χ1n) is 10.6. The first kappa shape index (κ1) is 23.5. The van der Waals surface area contributed by atoms with Crippen LogP contribution in [0.3, 0.4) is 0 Å². The van der Waals surface area contributed by atoms with E-state index in [2.05, 4.69) is 9.71 Å². The number of alkyl halides is 4. The maximum absolute atomic E-state index is 15.2. The average molecular weight is 520 g/mol. The number of sulfonamides is 1. The quantitative estimate of drug-likeness (QED) is 0.421. The highest BCUT2D eigenvalue weighted by Crippen LogP contribution is 2.42. The van der Waals surface area contributed by atoms with Gasteiger partial charge in [0.25, 0.3) is 0 Å². The van der Waals surface area contributed by atoms with Gasteiger partial charge in [0.1, 0.15) is 12.0 Å². The van der Waals surface area contributed by atoms with Gasteiger partial charge in [-0.2, -0.15) is 13.2 Å². The maximum Gasteiger partial charge on any atom is 0.433 e. The molecule has 5 rings (SSSR count). The number of fused-ring (bicyclic) bond motifs is 1. The van der Waals surface area contributed by atoms with E-state index in [0.29, 0.717) is 29.3 Å². The highest BCUT2D eigenvalue weighted by atomic mass is 35.5. The van der Waals surface area contributed by atoms with Crippen LogP contribution in [0.4, 0.5) is 22.0 Å². The number of benzene rings is 1. The summed E-state index contributed by atoms with van der Waals surface area (Å²) in [4.78, 5) is 3.37. The lowest BCUT2D eigenvalue weighted by Crippen LogP contribution is -2.28. The zero-order valence-electron chi connectivity index (χ0n) is 17.5. The number of nitrogens with one attached hydrogen (secondary N) is 1. The Balaban J connectivity index is 1.63. The maximum atomic E-state index is 15.2. The van der Waals surface area contributed by atoms with Crippen molar-refractivity contribution in [2.75, 3.05) is 0 Å². The smallest absolute Gasteiger partial charge is 0.344 e. The van der Waals surface area contributed by atoms with Gasteiger partial charge in [0.05, 0.1) is 10.3 Å². The van der Waals surface area contributed by atoms with Crippen LogP contribution in [0, 0.1) is 5.82 Å². The number of aromatic nitrogens is 2. The molecule has 0 amide bonds. The fraction of sp³-hybridized carbons (Fsp3) is 0.409. The molecule has 34 heavy (non-hydrogen) atoms. The average Bonchev–Trinajstić information content (AvgIpc) is 3.53. The number of rotatable bonds is 6. The van der Waals surface area contributed by atoms with Crippen molar-refractivity contribution in [1.29, 1.82) is 0 Å². The van der Waals surface area contributed by atoms with Gasteiger partial charge in [-0.1, -0.05) is 11.6 Å². The SMILES string of the molecule is O=S(=O)(NCc1cn(C2CC(F)C2)c2cc(-c3cc(Cl)cnc3C(F)(F)F)c(F)cc12)C1CC1. The van der Waals surface area contributed by atoms with E-state index in [1.165, 1.54) is 6.07 Å². The van der Waals surface area contributed by atoms with E-state index in [0.717, 1.165) is 18.3 Å². The third-order valence-corrected chi connectivity index (χ3v) is 8.40. The van der Waals surface area contributed by atoms with Crippen molar-refractivity contribution < 1.29 is 30.4 Å². The summed E-state index contributed by atoms with van der Waals surface area (Å²) in [5.74, 6) is -0.942. The second-order valence-corrected chi connectivity index (χ2v) is 11.2. The first-order chi connectivity index (χ1) is 15.9. The van der Waals surface area contributed by atoms with Gasteiger partial charge in [-0.3, -0.25) is 0 Å². The van der Waals surface area contributed by atoms with Crippen LogP contribution >= 0.6 is 11.6 Å². The molecule has 1 aromatic carbocycles. The number of nitrogens with zero attached hydrogens (tertiary/aromatic N) is 2. The standard InChI is InChI=1S/C22H19ClF5N3O2S/c23-12-3-18(21(29-9-12)22(26,27)28)17-7-20-16(6-19(17)25)11(8-30-34(32,33)15-1-2-15)10-31(20)14-4-13(24)5-14/h3,6-7,9-10,13-15,30H,1-2,4-5,8H2. The molecule has 0 bridgehead atoms. The summed E-state index contributed by atoms with van der Waals surface area (Å²) in [6, 6.07) is 3.07. The summed E-state index contributed by atoms with van der Waals surface area (Å²) in [6.07, 6.45) is -1.84. The van der Waals surface area contributed by atoms with Crippen molar-refractivity contribution in [3.8, 4) is 11.1 Å². The molecule has 12 heteroatoms. The molecule has 1 N–H and O–H groups in total. The van der Waals surface area contributed by atoms with E-state index in [1.54, 1.807) is 10.8 Å². The highest BCUT2D eigenvalue weighted by molar-refractivity contribution is 7.90. The Morgan fingerprint density at radius 3 is 2.47 bits per heavy atom. The van der Waals surface area contributed by atoms with E-state index >= 15 is 4.39 Å². The van der Waals surface area contributed by atoms with Gasteiger partial charge in [0, 0.05) is 47.0 Å². The van der Waals surface area contributed by atoms with Gasteiger partial charge in [0.15, 0.2) is 5.69 Å². The molecule has 2 aliphatic carbocycles. The Hall–Kier alpha value is -2.24. The third kappa shape index (κ3) is 4.29. The Morgan fingerprint density at radius 1 is 1.15 bits per heavy atom. The van der Waals surface area contributed by atoms with Crippen LogP contribution in [-0.4, -0.2) is 29.4 Å². The number of halogens is 6. The molecular weight excluding hydrogens is 501 g/mol. The molecule has 2 heterocycles. The molecule has 0 aliphatic heterocycles. The summed E-state index contributed by atoms with van der Waals surface area (Å²) >= 11 is 5.87. The summed E-state index contributed by atoms with van der Waals surface area (Å²) in [7, 11) is -3.51. The van der Waals surface area contributed by atoms with Crippen LogP contribution in [0.2, 0.25) is 5.02 Å². The van der Waals surface area contributed by atoms with Crippen LogP contribution in [0.15, 0.2) is 30.6 Å². The Bertz CT molecular complexity index is 1380. The van der Waals surface area contributed by atoms with Crippen LogP contribution in [0.1, 0.15) is 43.0 Å². The first-order valence-corrected chi connectivity index (χ1v) is 12.5. The molecule has 0 saturated heterocycles. The molecule has 0 unspecified atom stereocenters. The van der Waals surface area contributed by atoms with Gasteiger partial charge >= 0.3 is 6.18 Å². The van der Waals surface area contributed by atoms with Crippen molar-refractivity contribution in [2.45, 2.75) is 55.9 Å². The van der Waals surface area contributed by atoms with Crippen LogP contribution in [0.25, 0.3) is 22.0 Å². The van der Waals surface area contributed by atoms with Crippen LogP contribution in [0.5, 0.6) is 0 Å². The molecule has 0 radical (unpaired) electrons. The van der Waals surface area contributed by atoms with Gasteiger partial charge in [0.2, 0.25) is 10.0 Å². The van der Waals surface area contributed by atoms with Crippen molar-refractivity contribution in [1.82, 2.24) is 14.3 Å². The van der Waals surface area contributed by atoms with Crippen LogP contribution in [-0.2, 0) is 22.7 Å². The van der Waals surface area contributed by atoms with Gasteiger partial charge in [-0.05, 0) is 49.4 Å². The van der Waals surface area contributed by atoms with Crippen molar-refractivity contribution >= 4 is 32.5 Å². The lowest BCUT2D eigenvalue weighted by molar-refractivity contribution is -0.140. The zero-order valence-corrected chi connectivity index (χ0v) is 19.1. The number of pyridine rings is 1. The second kappa shape index (κ2) is 8.17. The summed E-state index contributed by atoms with van der Waals surface area (Å²) in [6.45, 7) is -0.112. The minimum atomic E-state index is -4.84. The van der Waals surface area contributed by atoms with Crippen LogP contribution < -0.4 is 4.72 Å². The molecular formula is C22H19ClF5N3O2S. The fourth-order valence-electron chi connectivity index (χ4n) is 4.28. The molecule has 3 aromatic rings. The van der Waals surface area contributed by atoms with E-state index in [4.69, 9.17) is 11.6 Å². The topological polar surface area (TPSA) is 64.0 Å². The van der Waals surface area contributed by atoms with E-state index in [-0.39, 0.29) is 36.0 Å².